The molecule has 0 unspecified atom stereocenters. The second-order valence-electron chi connectivity index (χ2n) is 4.54. The Hall–Kier alpha value is -2.18. The number of nitrogen functional groups attached to an aromatic ring is 1. The number of hydrogen-bond donors (Lipinski definition) is 1. The van der Waals surface area contributed by atoms with Gasteiger partial charge in [0.05, 0.1) is 10.4 Å². The normalized spacial score (nSPS) is 11.3. The molecule has 6 heteroatoms. The molecule has 1 aromatic carbocycles. The first-order valence-electron chi connectivity index (χ1n) is 6.21. The lowest BCUT2D eigenvalue weighted by atomic mass is 10.1. The summed E-state index contributed by atoms with van der Waals surface area (Å²) in [7, 11) is 0. The highest BCUT2D eigenvalue weighted by molar-refractivity contribution is 7.28. The van der Waals surface area contributed by atoms with Crippen molar-refractivity contribution in [2.24, 2.45) is 0 Å². The van der Waals surface area contributed by atoms with Crippen LogP contribution in [0, 0.1) is 5.82 Å². The van der Waals surface area contributed by atoms with Crippen LogP contribution < -0.4 is 5.73 Å². The van der Waals surface area contributed by atoms with Crippen molar-refractivity contribution in [1.82, 2.24) is 5.16 Å². The summed E-state index contributed by atoms with van der Waals surface area (Å²) in [5.41, 5.74) is 7.43. The Morgan fingerprint density at radius 3 is 2.67 bits per heavy atom. The molecule has 2 N–H and O–H groups in total. The Labute approximate surface area is 127 Å². The van der Waals surface area contributed by atoms with Crippen LogP contribution in [0.2, 0.25) is 0 Å². The van der Waals surface area contributed by atoms with E-state index in [-0.39, 0.29) is 5.82 Å². The molecule has 4 rings (SSSR count). The Morgan fingerprint density at radius 1 is 1.10 bits per heavy atom. The van der Waals surface area contributed by atoms with E-state index in [1.165, 1.54) is 21.5 Å². The SMILES string of the molecule is Nc1noc(-c2cc3sccc3s2)c1-c1ccc(F)cc1. The predicted molar refractivity (Wildman–Crippen MR) is 85.0 cm³/mol. The van der Waals surface area contributed by atoms with Crippen LogP contribution in [0.4, 0.5) is 10.2 Å². The van der Waals surface area contributed by atoms with Crippen LogP contribution in [0.5, 0.6) is 0 Å². The summed E-state index contributed by atoms with van der Waals surface area (Å²) in [5.74, 6) is 0.660. The van der Waals surface area contributed by atoms with Crippen molar-refractivity contribution >= 4 is 37.9 Å². The lowest BCUT2D eigenvalue weighted by Gasteiger charge is -2.01. The zero-order valence-electron chi connectivity index (χ0n) is 10.7. The number of thiophene rings is 2. The fourth-order valence-corrected chi connectivity index (χ4v) is 4.34. The first-order chi connectivity index (χ1) is 10.2. The minimum Gasteiger partial charge on any atom is -0.380 e. The highest BCUT2D eigenvalue weighted by Gasteiger charge is 2.19. The zero-order chi connectivity index (χ0) is 14.4. The van der Waals surface area contributed by atoms with Crippen LogP contribution in [0.15, 0.2) is 46.3 Å². The average molecular weight is 316 g/mol. The second kappa shape index (κ2) is 4.68. The van der Waals surface area contributed by atoms with Gasteiger partial charge in [-0.15, -0.1) is 22.7 Å². The maximum atomic E-state index is 13.1. The fourth-order valence-electron chi connectivity index (χ4n) is 2.24. The maximum absolute atomic E-state index is 13.1. The van der Waals surface area contributed by atoms with E-state index in [0.717, 1.165) is 10.4 Å². The van der Waals surface area contributed by atoms with Crippen molar-refractivity contribution in [2.75, 3.05) is 5.73 Å². The summed E-state index contributed by atoms with van der Waals surface area (Å²) < 4.78 is 20.9. The standard InChI is InChI=1S/C15H9FN2OS2/c16-9-3-1-8(2-4-9)13-14(19-18-15(13)17)12-7-11-10(21-12)5-6-20-11/h1-7H,(H2,17,18). The Kier molecular flexibility index (Phi) is 2.80. The van der Waals surface area contributed by atoms with Gasteiger partial charge in [-0.25, -0.2) is 4.39 Å². The van der Waals surface area contributed by atoms with Gasteiger partial charge in [-0.1, -0.05) is 17.3 Å². The van der Waals surface area contributed by atoms with Gasteiger partial charge in [-0.2, -0.15) is 0 Å². The molecule has 3 aromatic heterocycles. The number of halogens is 1. The van der Waals surface area contributed by atoms with Crippen molar-refractivity contribution in [3.8, 4) is 21.8 Å². The van der Waals surface area contributed by atoms with E-state index < -0.39 is 0 Å². The van der Waals surface area contributed by atoms with Crippen molar-refractivity contribution in [1.29, 1.82) is 0 Å². The molecule has 0 amide bonds. The Bertz CT molecular complexity index is 892. The highest BCUT2D eigenvalue weighted by atomic mass is 32.1. The van der Waals surface area contributed by atoms with Gasteiger partial charge in [-0.3, -0.25) is 0 Å². The van der Waals surface area contributed by atoms with Crippen LogP contribution in [0.1, 0.15) is 0 Å². The molecule has 0 bridgehead atoms. The van der Waals surface area contributed by atoms with Gasteiger partial charge in [0.25, 0.3) is 0 Å². The van der Waals surface area contributed by atoms with Crippen molar-refractivity contribution in [2.45, 2.75) is 0 Å². The van der Waals surface area contributed by atoms with E-state index in [4.69, 9.17) is 10.3 Å². The van der Waals surface area contributed by atoms with Crippen LogP contribution >= 0.6 is 22.7 Å². The predicted octanol–water partition coefficient (Wildman–Crippen LogP) is 5.01. The lowest BCUT2D eigenvalue weighted by molar-refractivity contribution is 0.437. The number of rotatable bonds is 2. The van der Waals surface area contributed by atoms with E-state index in [2.05, 4.69) is 22.7 Å². The molecular formula is C15H9FN2OS2. The quantitative estimate of drug-likeness (QED) is 0.566. The van der Waals surface area contributed by atoms with Gasteiger partial charge in [0.1, 0.15) is 5.82 Å². The third-order valence-electron chi connectivity index (χ3n) is 3.21. The maximum Gasteiger partial charge on any atom is 0.186 e. The van der Waals surface area contributed by atoms with Crippen molar-refractivity contribution in [3.63, 3.8) is 0 Å². The number of nitrogens with zero attached hydrogens (tertiary/aromatic N) is 1. The summed E-state index contributed by atoms with van der Waals surface area (Å²) in [5, 5.41) is 5.92. The molecule has 0 fully saturated rings. The molecule has 0 aliphatic carbocycles. The van der Waals surface area contributed by atoms with Gasteiger partial charge < -0.3 is 10.3 Å². The topological polar surface area (TPSA) is 52.0 Å². The van der Waals surface area contributed by atoms with Gasteiger partial charge in [0, 0.05) is 9.40 Å². The number of hydrogen-bond acceptors (Lipinski definition) is 5. The van der Waals surface area contributed by atoms with Crippen molar-refractivity contribution in [3.05, 3.63) is 47.6 Å². The van der Waals surface area contributed by atoms with Gasteiger partial charge in [0.15, 0.2) is 11.6 Å². The molecule has 104 valence electrons. The third kappa shape index (κ3) is 2.03. The number of nitrogens with two attached hydrogens (primary N) is 1. The van der Waals surface area contributed by atoms with Crippen LogP contribution in [0.3, 0.4) is 0 Å². The van der Waals surface area contributed by atoms with Gasteiger partial charge in [-0.05, 0) is 35.2 Å². The van der Waals surface area contributed by atoms with E-state index in [1.807, 2.05) is 0 Å². The number of anilines is 1. The van der Waals surface area contributed by atoms with E-state index in [0.29, 0.717) is 17.1 Å². The first kappa shape index (κ1) is 12.6. The molecular weight excluding hydrogens is 307 g/mol. The number of aromatic nitrogens is 1. The molecule has 3 nitrogen and oxygen atoms in total. The van der Waals surface area contributed by atoms with Crippen LogP contribution in [0.25, 0.3) is 31.2 Å². The summed E-state index contributed by atoms with van der Waals surface area (Å²) >= 11 is 3.31. The molecule has 0 saturated carbocycles. The minimum absolute atomic E-state index is 0.285. The molecule has 21 heavy (non-hydrogen) atoms. The monoisotopic (exact) mass is 316 g/mol. The van der Waals surface area contributed by atoms with Gasteiger partial charge >= 0.3 is 0 Å². The molecule has 0 spiro atoms. The fraction of sp³-hybridized carbons (Fsp3) is 0. The van der Waals surface area contributed by atoms with E-state index in [1.54, 1.807) is 34.8 Å². The Balaban J connectivity index is 1.90. The van der Waals surface area contributed by atoms with Gasteiger partial charge in [0.2, 0.25) is 0 Å². The minimum atomic E-state index is -0.285. The lowest BCUT2D eigenvalue weighted by Crippen LogP contribution is -1.88. The molecule has 0 aliphatic rings. The average Bonchev–Trinajstić information content (AvgIpc) is 3.13. The summed E-state index contributed by atoms with van der Waals surface area (Å²) in [4.78, 5) is 0.973. The highest BCUT2D eigenvalue weighted by Crippen LogP contribution is 2.42. The molecule has 0 saturated heterocycles. The number of benzene rings is 1. The largest absolute Gasteiger partial charge is 0.380 e. The molecule has 4 aromatic rings. The number of fused-ring (bicyclic) bond motifs is 1. The second-order valence-corrected chi connectivity index (χ2v) is 6.57. The van der Waals surface area contributed by atoms with E-state index >= 15 is 0 Å². The first-order valence-corrected chi connectivity index (χ1v) is 7.90. The Morgan fingerprint density at radius 2 is 1.90 bits per heavy atom. The zero-order valence-corrected chi connectivity index (χ0v) is 12.3. The van der Waals surface area contributed by atoms with Crippen LogP contribution in [-0.2, 0) is 0 Å². The van der Waals surface area contributed by atoms with Crippen LogP contribution in [-0.4, -0.2) is 5.16 Å². The molecule has 0 aliphatic heterocycles. The molecule has 0 radical (unpaired) electrons. The summed E-state index contributed by atoms with van der Waals surface area (Å²) in [6, 6.07) is 10.3. The van der Waals surface area contributed by atoms with E-state index in [9.17, 15) is 4.39 Å². The summed E-state index contributed by atoms with van der Waals surface area (Å²) in [6.07, 6.45) is 0. The molecule has 3 heterocycles. The molecule has 0 atom stereocenters. The van der Waals surface area contributed by atoms with Crippen molar-refractivity contribution < 1.29 is 8.91 Å². The summed E-state index contributed by atoms with van der Waals surface area (Å²) in [6.45, 7) is 0. The smallest absolute Gasteiger partial charge is 0.186 e. The third-order valence-corrected chi connectivity index (χ3v) is 5.31.